The molecule has 0 aliphatic carbocycles. The summed E-state index contributed by atoms with van der Waals surface area (Å²) in [5, 5.41) is 17.6. The van der Waals surface area contributed by atoms with E-state index < -0.39 is 39.4 Å². The van der Waals surface area contributed by atoms with Crippen molar-refractivity contribution in [1.82, 2.24) is 0 Å². The Morgan fingerprint density at radius 1 is 0.765 bits per heavy atom. The average molecular weight is 310 g/mol. The Bertz CT molecular complexity index is 264. The van der Waals surface area contributed by atoms with E-state index in [1.54, 1.807) is 0 Å². The van der Waals surface area contributed by atoms with Gasteiger partial charge in [0.15, 0.2) is 0 Å². The number of carboxylic acid groups (broad SMARTS) is 2. The van der Waals surface area contributed by atoms with Crippen LogP contribution in [0.15, 0.2) is 0 Å². The van der Waals surface area contributed by atoms with Crippen molar-refractivity contribution in [2.75, 3.05) is 0 Å². The predicted molar refractivity (Wildman–Crippen MR) is 23.5 cm³/mol. The molecule has 0 N–H and O–H groups in total. The van der Waals surface area contributed by atoms with E-state index in [9.17, 15) is 26.3 Å². The van der Waals surface area contributed by atoms with Gasteiger partial charge in [-0.3, -0.25) is 0 Å². The Balaban J connectivity index is -0.000000188. The van der Waals surface area contributed by atoms with Crippen LogP contribution in [0.25, 0.3) is 0 Å². The molecule has 0 unspecified atom stereocenters. The van der Waals surface area contributed by atoms with E-state index in [-0.39, 0.29) is 0 Å². The minimum atomic E-state index is -5.19. The molecule has 6 nitrogen and oxygen atoms in total. The molecule has 0 aliphatic rings. The molecule has 0 heterocycles. The molecule has 0 fully saturated rings. The van der Waals surface area contributed by atoms with Crippen LogP contribution in [0.5, 0.6) is 0 Å². The van der Waals surface area contributed by atoms with Gasteiger partial charge in [-0.25, -0.2) is 0 Å². The molecule has 0 rings (SSSR count). The summed E-state index contributed by atoms with van der Waals surface area (Å²) in [6.07, 6.45) is -10.4. The molecule has 0 saturated carbocycles. The third-order valence-electron chi connectivity index (χ3n) is 0.463. The second-order valence-corrected chi connectivity index (χ2v) is 1.85. The Kier molecular flexibility index (Phi) is 10.8. The predicted octanol–water partition coefficient (Wildman–Crippen LogP) is -1.64. The van der Waals surface area contributed by atoms with Crippen LogP contribution in [-0.4, -0.2) is 24.3 Å². The second kappa shape index (κ2) is 8.76. The van der Waals surface area contributed by atoms with Crippen LogP contribution < -0.4 is 10.2 Å². The van der Waals surface area contributed by atoms with Gasteiger partial charge < -0.3 is 19.8 Å². The third kappa shape index (κ3) is 20.7. The Morgan fingerprint density at radius 2 is 0.824 bits per heavy atom. The fraction of sp³-hybridized carbons (Fsp3) is 0.500. The van der Waals surface area contributed by atoms with Crippen LogP contribution in [0.3, 0.4) is 0 Å². The van der Waals surface area contributed by atoms with Gasteiger partial charge in [0.05, 0.1) is 0 Å². The summed E-state index contributed by atoms with van der Waals surface area (Å²) >= 11 is -1.62. The van der Waals surface area contributed by atoms with Gasteiger partial charge in [0.2, 0.25) is 0 Å². The van der Waals surface area contributed by atoms with Gasteiger partial charge in [0.25, 0.3) is 0 Å². The van der Waals surface area contributed by atoms with E-state index in [1.165, 1.54) is 0 Å². The summed E-state index contributed by atoms with van der Waals surface area (Å²) in [6, 6.07) is 0. The van der Waals surface area contributed by atoms with E-state index in [2.05, 4.69) is 0 Å². The number of alkyl halides is 6. The van der Waals surface area contributed by atoms with Gasteiger partial charge >= 0.3 is 35.0 Å². The maximum absolute atomic E-state index is 10.5. The molecule has 13 heteroatoms. The van der Waals surface area contributed by atoms with Crippen LogP contribution in [0.4, 0.5) is 26.3 Å². The Labute approximate surface area is 94.0 Å². The molecular weight excluding hydrogens is 310 g/mol. The van der Waals surface area contributed by atoms with Crippen molar-refractivity contribution in [2.45, 2.75) is 12.4 Å². The van der Waals surface area contributed by atoms with Crippen LogP contribution in [0.1, 0.15) is 0 Å². The van der Waals surface area contributed by atoms with E-state index in [0.29, 0.717) is 0 Å². The van der Waals surface area contributed by atoms with Gasteiger partial charge in [-0.15, -0.1) is 0 Å². The number of carbonyl (C=O) groups excluding carboxylic acids is 2. The van der Waals surface area contributed by atoms with Gasteiger partial charge in [-0.1, -0.05) is 0 Å². The normalized spacial score (nSPS) is 9.76. The molecule has 0 bridgehead atoms. The molecule has 17 heavy (non-hydrogen) atoms. The second-order valence-electron chi connectivity index (χ2n) is 1.64. The molecule has 0 aromatic rings. The number of hydrogen-bond acceptors (Lipinski definition) is 6. The zero-order chi connectivity index (χ0) is 14.9. The monoisotopic (exact) mass is 310 g/mol. The summed E-state index contributed by atoms with van der Waals surface area (Å²) < 4.78 is 80.0. The molecule has 0 aliphatic heterocycles. The molecular formula is C4CrF6O6. The number of aliphatic carboxylic acids is 2. The fourth-order valence-electron chi connectivity index (χ4n) is 0. The quantitative estimate of drug-likeness (QED) is 0.496. The Morgan fingerprint density at radius 3 is 0.824 bits per heavy atom. The molecule has 0 atom stereocenters. The summed E-state index contributed by atoms with van der Waals surface area (Å²) in [6.45, 7) is 0. The van der Waals surface area contributed by atoms with Crippen LogP contribution in [0, 0.1) is 0 Å². The maximum atomic E-state index is 10.5. The first-order chi connectivity index (χ1) is 7.30. The van der Waals surface area contributed by atoms with E-state index >= 15 is 0 Å². The van der Waals surface area contributed by atoms with Crippen LogP contribution in [0.2, 0.25) is 0 Å². The molecule has 100 valence electrons. The van der Waals surface area contributed by atoms with Crippen molar-refractivity contribution < 1.29 is 68.8 Å². The zero-order valence-corrected chi connectivity index (χ0v) is 8.40. The summed E-state index contributed by atoms with van der Waals surface area (Å²) in [4.78, 5) is 17.6. The van der Waals surface area contributed by atoms with Gasteiger partial charge in [0, 0.05) is 0 Å². The molecule has 0 spiro atoms. The van der Waals surface area contributed by atoms with Crippen molar-refractivity contribution in [1.29, 1.82) is 0 Å². The fourth-order valence-corrected chi connectivity index (χ4v) is 0. The van der Waals surface area contributed by atoms with Crippen molar-refractivity contribution in [3.8, 4) is 0 Å². The summed E-state index contributed by atoms with van der Waals surface area (Å²) in [5.41, 5.74) is 0. The SMILES string of the molecule is O=C([O-])C(F)(F)F.O=C([O-])C(F)(F)F.[O]=[Cr+2]=[O]. The van der Waals surface area contributed by atoms with Gasteiger partial charge in [-0.2, -0.15) is 26.3 Å². The Hall–Kier alpha value is -1.35. The van der Waals surface area contributed by atoms with E-state index in [1.807, 2.05) is 0 Å². The zero-order valence-electron chi connectivity index (χ0n) is 7.13. The van der Waals surface area contributed by atoms with Crippen molar-refractivity contribution >= 4 is 11.9 Å². The summed E-state index contributed by atoms with van der Waals surface area (Å²) in [5.74, 6) is -6.01. The van der Waals surface area contributed by atoms with E-state index in [4.69, 9.17) is 27.4 Å². The number of carbonyl (C=O) groups is 2. The first-order valence-corrected chi connectivity index (χ1v) is 3.82. The first kappa shape index (κ1) is 21.0. The number of halogens is 6. The standard InChI is InChI=1S/2C2HF3O2.Cr.2O/c2*3-2(4,5)1(6)7;;;/h2*(H,6,7);;;/q;;+2;;/p-2. The van der Waals surface area contributed by atoms with Gasteiger partial charge in [-0.05, 0) is 0 Å². The van der Waals surface area contributed by atoms with Crippen LogP contribution in [-0.2, 0) is 32.3 Å². The molecule has 0 saturated heterocycles. The number of hydrogen-bond donors (Lipinski definition) is 0. The van der Waals surface area contributed by atoms with E-state index in [0.717, 1.165) is 0 Å². The average Bonchev–Trinajstić information content (AvgIpc) is 2.02. The molecule has 0 aromatic heterocycles. The number of carboxylic acids is 2. The van der Waals surface area contributed by atoms with Crippen LogP contribution >= 0.6 is 0 Å². The third-order valence-corrected chi connectivity index (χ3v) is 0.463. The number of rotatable bonds is 0. The van der Waals surface area contributed by atoms with Gasteiger partial charge in [0.1, 0.15) is 11.9 Å². The molecule has 0 radical (unpaired) electrons. The summed E-state index contributed by atoms with van der Waals surface area (Å²) in [7, 11) is 0. The molecule has 0 amide bonds. The molecule has 0 aromatic carbocycles. The van der Waals surface area contributed by atoms with Crippen molar-refractivity contribution in [2.24, 2.45) is 0 Å². The van der Waals surface area contributed by atoms with Crippen molar-refractivity contribution in [3.63, 3.8) is 0 Å². The topological polar surface area (TPSA) is 114 Å². The van der Waals surface area contributed by atoms with Crippen molar-refractivity contribution in [3.05, 3.63) is 0 Å². The minimum absolute atomic E-state index is 1.62. The first-order valence-electron chi connectivity index (χ1n) is 2.78.